The van der Waals surface area contributed by atoms with Gasteiger partial charge in [-0.3, -0.25) is 4.79 Å². The molecular formula is C23H40O7. The summed E-state index contributed by atoms with van der Waals surface area (Å²) in [6.45, 7) is 4.16. The van der Waals surface area contributed by atoms with Crippen LogP contribution in [0.1, 0.15) is 77.6 Å². The van der Waals surface area contributed by atoms with Crippen LogP contribution in [0.25, 0.3) is 0 Å². The highest BCUT2D eigenvalue weighted by Crippen LogP contribution is 2.43. The second-order valence-corrected chi connectivity index (χ2v) is 8.99. The molecule has 3 fully saturated rings. The Bertz CT molecular complexity index is 514. The van der Waals surface area contributed by atoms with Crippen LogP contribution in [0.3, 0.4) is 0 Å². The Morgan fingerprint density at radius 3 is 2.57 bits per heavy atom. The Morgan fingerprint density at radius 2 is 1.90 bits per heavy atom. The van der Waals surface area contributed by atoms with E-state index in [-0.39, 0.29) is 36.6 Å². The van der Waals surface area contributed by atoms with E-state index in [1.54, 1.807) is 0 Å². The lowest BCUT2D eigenvalue weighted by Crippen LogP contribution is -2.35. The normalized spacial score (nSPS) is 33.6. The molecule has 1 N–H and O–H groups in total. The van der Waals surface area contributed by atoms with Crippen molar-refractivity contribution < 1.29 is 33.6 Å². The van der Waals surface area contributed by atoms with E-state index < -0.39 is 11.9 Å². The summed E-state index contributed by atoms with van der Waals surface area (Å²) in [4.78, 5) is 12.0. The van der Waals surface area contributed by atoms with Gasteiger partial charge in [0.05, 0.1) is 39.0 Å². The van der Waals surface area contributed by atoms with Crippen LogP contribution in [0.15, 0.2) is 0 Å². The van der Waals surface area contributed by atoms with Gasteiger partial charge in [0.2, 0.25) is 0 Å². The molecule has 7 heteroatoms. The Labute approximate surface area is 180 Å². The minimum Gasteiger partial charge on any atom is -0.469 e. The Hall–Kier alpha value is -0.730. The summed E-state index contributed by atoms with van der Waals surface area (Å²) < 4.78 is 29.1. The van der Waals surface area contributed by atoms with Crippen molar-refractivity contribution in [2.24, 2.45) is 11.8 Å². The maximum Gasteiger partial charge on any atom is 0.305 e. The molecule has 0 aromatic rings. The Kier molecular flexibility index (Phi) is 9.38. The molecule has 0 spiro atoms. The lowest BCUT2D eigenvalue weighted by Gasteiger charge is -2.33. The molecule has 0 radical (unpaired) electrons. The second-order valence-electron chi connectivity index (χ2n) is 8.99. The molecule has 1 saturated carbocycles. The number of unbranched alkanes of at least 4 members (excludes halogenated alkanes) is 2. The molecule has 0 bridgehead atoms. The standard InChI is InChI=1S/C23H40O7/c1-3-4-6-10-23(28-13-14-29-23)11-9-17-18(15-21(25)26-2)19(24)16-20(17)30-22-8-5-7-12-27-22/h17-20,22,24H,3-16H2,1-2H3/t17-,18+,19+,20-,22?/m1/s1. The van der Waals surface area contributed by atoms with E-state index >= 15 is 0 Å². The third kappa shape index (κ3) is 6.39. The first-order chi connectivity index (χ1) is 14.6. The average Bonchev–Trinajstić information content (AvgIpc) is 3.33. The predicted octanol–water partition coefficient (Wildman–Crippen LogP) is 3.56. The molecule has 0 amide bonds. The molecule has 1 aliphatic carbocycles. The number of carbonyl (C=O) groups excluding carboxylic acids is 1. The van der Waals surface area contributed by atoms with E-state index in [0.717, 1.165) is 64.4 Å². The van der Waals surface area contributed by atoms with Crippen molar-refractivity contribution in [3.8, 4) is 0 Å². The van der Waals surface area contributed by atoms with Crippen LogP contribution in [0.4, 0.5) is 0 Å². The second kappa shape index (κ2) is 11.8. The van der Waals surface area contributed by atoms with Crippen LogP contribution in [0.2, 0.25) is 0 Å². The van der Waals surface area contributed by atoms with Gasteiger partial charge in [-0.15, -0.1) is 0 Å². The van der Waals surface area contributed by atoms with Crippen molar-refractivity contribution in [1.29, 1.82) is 0 Å². The summed E-state index contributed by atoms with van der Waals surface area (Å²) in [7, 11) is 1.39. The SMILES string of the molecule is CCCCCC1(CC[C@@H]2[C@H](CC(=O)OC)[C@@H](O)C[C@H]2OC2CCCCO2)OCCO1. The molecule has 7 nitrogen and oxygen atoms in total. The minimum absolute atomic E-state index is 0.0421. The third-order valence-corrected chi connectivity index (χ3v) is 6.92. The highest BCUT2D eigenvalue weighted by Gasteiger charge is 2.47. The summed E-state index contributed by atoms with van der Waals surface area (Å²) in [5.41, 5.74) is 0. The van der Waals surface area contributed by atoms with Crippen LogP contribution in [-0.4, -0.2) is 62.3 Å². The number of ether oxygens (including phenoxy) is 5. The van der Waals surface area contributed by atoms with Gasteiger partial charge in [-0.2, -0.15) is 0 Å². The number of hydrogen-bond donors (Lipinski definition) is 1. The molecule has 3 aliphatic rings. The van der Waals surface area contributed by atoms with Crippen molar-refractivity contribution >= 4 is 5.97 Å². The predicted molar refractivity (Wildman–Crippen MR) is 111 cm³/mol. The van der Waals surface area contributed by atoms with Gasteiger partial charge in [0.1, 0.15) is 0 Å². The molecule has 0 aromatic carbocycles. The zero-order valence-electron chi connectivity index (χ0n) is 18.7. The molecule has 2 saturated heterocycles. The molecule has 5 atom stereocenters. The first-order valence-corrected chi connectivity index (χ1v) is 11.9. The van der Waals surface area contributed by atoms with Crippen LogP contribution in [0, 0.1) is 11.8 Å². The van der Waals surface area contributed by atoms with Gasteiger partial charge in [0.25, 0.3) is 0 Å². The highest BCUT2D eigenvalue weighted by atomic mass is 16.7. The van der Waals surface area contributed by atoms with Crippen LogP contribution in [0.5, 0.6) is 0 Å². The van der Waals surface area contributed by atoms with Gasteiger partial charge in [0, 0.05) is 31.8 Å². The number of rotatable bonds is 11. The molecule has 3 rings (SSSR count). The van der Waals surface area contributed by atoms with Gasteiger partial charge in [-0.05, 0) is 38.0 Å². The summed E-state index contributed by atoms with van der Waals surface area (Å²) >= 11 is 0. The largest absolute Gasteiger partial charge is 0.469 e. The van der Waals surface area contributed by atoms with E-state index in [1.165, 1.54) is 7.11 Å². The first-order valence-electron chi connectivity index (χ1n) is 11.9. The number of hydrogen-bond acceptors (Lipinski definition) is 7. The zero-order valence-corrected chi connectivity index (χ0v) is 18.7. The maximum atomic E-state index is 12.0. The van der Waals surface area contributed by atoms with E-state index in [1.807, 2.05) is 0 Å². The molecule has 2 heterocycles. The van der Waals surface area contributed by atoms with Gasteiger partial charge < -0.3 is 28.8 Å². The molecule has 174 valence electrons. The molecular weight excluding hydrogens is 388 g/mol. The summed E-state index contributed by atoms with van der Waals surface area (Å²) in [6.07, 6.45) is 8.65. The van der Waals surface area contributed by atoms with Crippen molar-refractivity contribution in [2.75, 3.05) is 26.9 Å². The van der Waals surface area contributed by atoms with E-state index in [2.05, 4.69) is 6.92 Å². The summed E-state index contributed by atoms with van der Waals surface area (Å²) in [6, 6.07) is 0. The number of aliphatic hydroxyl groups is 1. The third-order valence-electron chi connectivity index (χ3n) is 6.92. The number of esters is 1. The average molecular weight is 429 g/mol. The van der Waals surface area contributed by atoms with E-state index in [9.17, 15) is 9.90 Å². The lowest BCUT2D eigenvalue weighted by atomic mass is 9.85. The van der Waals surface area contributed by atoms with Crippen molar-refractivity contribution in [3.05, 3.63) is 0 Å². The molecule has 30 heavy (non-hydrogen) atoms. The first kappa shape index (κ1) is 23.9. The summed E-state index contributed by atoms with van der Waals surface area (Å²) in [5, 5.41) is 10.7. The van der Waals surface area contributed by atoms with Crippen molar-refractivity contribution in [3.63, 3.8) is 0 Å². The Morgan fingerprint density at radius 1 is 1.10 bits per heavy atom. The Balaban J connectivity index is 1.66. The van der Waals surface area contributed by atoms with Gasteiger partial charge >= 0.3 is 5.97 Å². The quantitative estimate of drug-likeness (QED) is 0.398. The lowest BCUT2D eigenvalue weighted by molar-refractivity contribution is -0.201. The topological polar surface area (TPSA) is 83.5 Å². The zero-order chi connectivity index (χ0) is 21.4. The van der Waals surface area contributed by atoms with Crippen molar-refractivity contribution in [1.82, 2.24) is 0 Å². The maximum absolute atomic E-state index is 12.0. The fraction of sp³-hybridized carbons (Fsp3) is 0.957. The van der Waals surface area contributed by atoms with E-state index in [4.69, 9.17) is 23.7 Å². The fourth-order valence-corrected chi connectivity index (χ4v) is 5.22. The number of methoxy groups -OCH3 is 1. The minimum atomic E-state index is -0.579. The number of aliphatic hydroxyl groups excluding tert-OH is 1. The van der Waals surface area contributed by atoms with E-state index in [0.29, 0.717) is 19.6 Å². The fourth-order valence-electron chi connectivity index (χ4n) is 5.22. The highest BCUT2D eigenvalue weighted by molar-refractivity contribution is 5.69. The van der Waals surface area contributed by atoms with Crippen LogP contribution in [-0.2, 0) is 28.5 Å². The molecule has 0 aromatic heterocycles. The van der Waals surface area contributed by atoms with Gasteiger partial charge in [-0.1, -0.05) is 19.8 Å². The number of carbonyl (C=O) groups is 1. The van der Waals surface area contributed by atoms with Crippen LogP contribution < -0.4 is 0 Å². The van der Waals surface area contributed by atoms with Crippen LogP contribution >= 0.6 is 0 Å². The molecule has 1 unspecified atom stereocenters. The van der Waals surface area contributed by atoms with Gasteiger partial charge in [0.15, 0.2) is 12.1 Å². The monoisotopic (exact) mass is 428 g/mol. The molecule has 2 aliphatic heterocycles. The van der Waals surface area contributed by atoms with Crippen molar-refractivity contribution in [2.45, 2.75) is 102 Å². The van der Waals surface area contributed by atoms with Gasteiger partial charge in [-0.25, -0.2) is 0 Å². The smallest absolute Gasteiger partial charge is 0.305 e. The summed E-state index contributed by atoms with van der Waals surface area (Å²) in [5.74, 6) is -0.963.